The quantitative estimate of drug-likeness (QED) is 0.745. The van der Waals surface area contributed by atoms with Crippen LogP contribution in [0, 0.1) is 5.92 Å². The van der Waals surface area contributed by atoms with E-state index in [4.69, 9.17) is 5.11 Å². The Labute approximate surface area is 111 Å². The molecule has 0 saturated heterocycles. The van der Waals surface area contributed by atoms with E-state index in [0.29, 0.717) is 0 Å². The van der Waals surface area contributed by atoms with Gasteiger partial charge in [0.05, 0.1) is 0 Å². The van der Waals surface area contributed by atoms with Crippen molar-refractivity contribution >= 4 is 23.5 Å². The monoisotopic (exact) mass is 269 g/mol. The van der Waals surface area contributed by atoms with Crippen LogP contribution in [0.3, 0.4) is 0 Å². The molecule has 1 heterocycles. The molecule has 1 aliphatic rings. The highest BCUT2D eigenvalue weighted by Crippen LogP contribution is 2.09. The van der Waals surface area contributed by atoms with E-state index in [0.717, 1.165) is 5.01 Å². The van der Waals surface area contributed by atoms with Crippen LogP contribution < -0.4 is 5.32 Å². The molecule has 0 aliphatic carbocycles. The van der Waals surface area contributed by atoms with E-state index < -0.39 is 5.97 Å². The number of carboxylic acids is 1. The molecule has 0 aromatic rings. The van der Waals surface area contributed by atoms with Crippen LogP contribution >= 0.6 is 0 Å². The summed E-state index contributed by atoms with van der Waals surface area (Å²) in [4.78, 5) is 34.1. The average Bonchev–Trinajstić information content (AvgIpc) is 2.31. The molecule has 1 rings (SSSR count). The van der Waals surface area contributed by atoms with Crippen molar-refractivity contribution in [3.8, 4) is 0 Å². The van der Waals surface area contributed by atoms with Gasteiger partial charge in [0.15, 0.2) is 0 Å². The van der Waals surface area contributed by atoms with Crippen molar-refractivity contribution in [1.29, 1.82) is 0 Å². The standard InChI is InChI=1S/C12H19N3O4/c1-7(2)8(3)13-10(16)6-15-11(17)5-4-9(14-15)12(18)19/h7-8H,4-6H2,1-3H3,(H,13,16)(H,18,19). The SMILES string of the molecule is CC(C)C(C)NC(=O)CN1N=C(C(=O)O)CCC1=O. The third-order valence-electron chi connectivity index (χ3n) is 3.03. The topological polar surface area (TPSA) is 99.1 Å². The highest BCUT2D eigenvalue weighted by atomic mass is 16.4. The Morgan fingerprint density at radius 1 is 1.37 bits per heavy atom. The Morgan fingerprint density at radius 3 is 2.53 bits per heavy atom. The molecule has 1 atom stereocenters. The summed E-state index contributed by atoms with van der Waals surface area (Å²) in [6.07, 6.45) is 0.173. The lowest BCUT2D eigenvalue weighted by molar-refractivity contribution is -0.137. The molecule has 2 N–H and O–H groups in total. The van der Waals surface area contributed by atoms with Gasteiger partial charge < -0.3 is 10.4 Å². The third kappa shape index (κ3) is 4.35. The fourth-order valence-electron chi connectivity index (χ4n) is 1.48. The second-order valence-corrected chi connectivity index (χ2v) is 4.90. The van der Waals surface area contributed by atoms with E-state index in [2.05, 4.69) is 10.4 Å². The Hall–Kier alpha value is -1.92. The first kappa shape index (κ1) is 15.1. The number of hydrogen-bond donors (Lipinski definition) is 2. The van der Waals surface area contributed by atoms with Crippen molar-refractivity contribution in [3.63, 3.8) is 0 Å². The van der Waals surface area contributed by atoms with E-state index in [1.807, 2.05) is 20.8 Å². The zero-order chi connectivity index (χ0) is 14.6. The van der Waals surface area contributed by atoms with Gasteiger partial charge in [0.1, 0.15) is 12.3 Å². The molecule has 0 spiro atoms. The minimum Gasteiger partial charge on any atom is -0.477 e. The number of nitrogens with zero attached hydrogens (tertiary/aromatic N) is 2. The molecule has 19 heavy (non-hydrogen) atoms. The summed E-state index contributed by atoms with van der Waals surface area (Å²) in [7, 11) is 0. The van der Waals surface area contributed by atoms with Gasteiger partial charge in [-0.3, -0.25) is 9.59 Å². The maximum absolute atomic E-state index is 11.7. The fraction of sp³-hybridized carbons (Fsp3) is 0.667. The third-order valence-corrected chi connectivity index (χ3v) is 3.03. The molecule has 0 fully saturated rings. The van der Waals surface area contributed by atoms with Crippen molar-refractivity contribution in [2.45, 2.75) is 39.7 Å². The zero-order valence-corrected chi connectivity index (χ0v) is 11.3. The van der Waals surface area contributed by atoms with Gasteiger partial charge in [-0.2, -0.15) is 5.10 Å². The molecule has 0 radical (unpaired) electrons. The van der Waals surface area contributed by atoms with Crippen LogP contribution in [0.5, 0.6) is 0 Å². The summed E-state index contributed by atoms with van der Waals surface area (Å²) in [5.41, 5.74) is -0.0932. The van der Waals surface area contributed by atoms with E-state index in [-0.39, 0.29) is 48.9 Å². The van der Waals surface area contributed by atoms with Crippen LogP contribution in [0.4, 0.5) is 0 Å². The van der Waals surface area contributed by atoms with Crippen LogP contribution in [0.2, 0.25) is 0 Å². The van der Waals surface area contributed by atoms with Crippen LogP contribution in [0.1, 0.15) is 33.6 Å². The minimum atomic E-state index is -1.16. The van der Waals surface area contributed by atoms with Gasteiger partial charge in [-0.25, -0.2) is 9.80 Å². The lowest BCUT2D eigenvalue weighted by atomic mass is 10.1. The molecule has 1 unspecified atom stereocenters. The first-order valence-corrected chi connectivity index (χ1v) is 6.21. The number of rotatable bonds is 5. The molecule has 0 aromatic carbocycles. The van der Waals surface area contributed by atoms with E-state index in [1.165, 1.54) is 0 Å². The number of amides is 2. The smallest absolute Gasteiger partial charge is 0.352 e. The molecule has 7 nitrogen and oxygen atoms in total. The Kier molecular flexibility index (Phi) is 5.02. The predicted molar refractivity (Wildman–Crippen MR) is 68.5 cm³/mol. The highest BCUT2D eigenvalue weighted by Gasteiger charge is 2.26. The molecular formula is C12H19N3O4. The molecule has 7 heteroatoms. The largest absolute Gasteiger partial charge is 0.477 e. The summed E-state index contributed by atoms with van der Waals surface area (Å²) >= 11 is 0. The number of carboxylic acid groups (broad SMARTS) is 1. The van der Waals surface area contributed by atoms with E-state index in [1.54, 1.807) is 0 Å². The van der Waals surface area contributed by atoms with Gasteiger partial charge in [-0.15, -0.1) is 0 Å². The number of carbonyl (C=O) groups is 3. The summed E-state index contributed by atoms with van der Waals surface area (Å²) in [5.74, 6) is -1.56. The van der Waals surface area contributed by atoms with Crippen LogP contribution in [-0.4, -0.2) is 46.2 Å². The zero-order valence-electron chi connectivity index (χ0n) is 11.3. The van der Waals surface area contributed by atoms with Gasteiger partial charge in [-0.1, -0.05) is 13.8 Å². The van der Waals surface area contributed by atoms with Crippen molar-refractivity contribution in [3.05, 3.63) is 0 Å². The van der Waals surface area contributed by atoms with Gasteiger partial charge in [0.2, 0.25) is 11.8 Å². The van der Waals surface area contributed by atoms with Crippen molar-refractivity contribution in [1.82, 2.24) is 10.3 Å². The van der Waals surface area contributed by atoms with E-state index >= 15 is 0 Å². The summed E-state index contributed by atoms with van der Waals surface area (Å²) in [6.45, 7) is 5.56. The van der Waals surface area contributed by atoms with E-state index in [9.17, 15) is 14.4 Å². The van der Waals surface area contributed by atoms with Crippen LogP contribution in [0.15, 0.2) is 5.10 Å². The number of hydrazone groups is 1. The van der Waals surface area contributed by atoms with Crippen molar-refractivity contribution in [2.24, 2.45) is 11.0 Å². The maximum Gasteiger partial charge on any atom is 0.352 e. The lowest BCUT2D eigenvalue weighted by Gasteiger charge is -2.23. The molecule has 0 aromatic heterocycles. The van der Waals surface area contributed by atoms with Gasteiger partial charge >= 0.3 is 5.97 Å². The van der Waals surface area contributed by atoms with Crippen LogP contribution in [-0.2, 0) is 14.4 Å². The predicted octanol–water partition coefficient (Wildman–Crippen LogP) is 0.210. The summed E-state index contributed by atoms with van der Waals surface area (Å²) < 4.78 is 0. The molecular weight excluding hydrogens is 250 g/mol. The number of hydrogen-bond acceptors (Lipinski definition) is 4. The number of nitrogens with one attached hydrogen (secondary N) is 1. The van der Waals surface area contributed by atoms with Crippen LogP contribution in [0.25, 0.3) is 0 Å². The van der Waals surface area contributed by atoms with Gasteiger partial charge in [0, 0.05) is 18.9 Å². The fourth-order valence-corrected chi connectivity index (χ4v) is 1.48. The Morgan fingerprint density at radius 2 is 2.00 bits per heavy atom. The first-order chi connectivity index (χ1) is 8.81. The van der Waals surface area contributed by atoms with Gasteiger partial charge in [-0.05, 0) is 12.8 Å². The Balaban J connectivity index is 2.64. The van der Waals surface area contributed by atoms with Crippen molar-refractivity contribution in [2.75, 3.05) is 6.54 Å². The molecule has 0 saturated carbocycles. The second-order valence-electron chi connectivity index (χ2n) is 4.90. The minimum absolute atomic E-state index is 0.0182. The summed E-state index contributed by atoms with van der Waals surface area (Å²) in [6, 6.07) is -0.0182. The average molecular weight is 269 g/mol. The first-order valence-electron chi connectivity index (χ1n) is 6.21. The highest BCUT2D eigenvalue weighted by molar-refractivity contribution is 6.36. The molecule has 0 bridgehead atoms. The Bertz CT molecular complexity index is 417. The maximum atomic E-state index is 11.7. The second kappa shape index (κ2) is 6.31. The van der Waals surface area contributed by atoms with Gasteiger partial charge in [0.25, 0.3) is 0 Å². The molecule has 106 valence electrons. The van der Waals surface area contributed by atoms with Crippen molar-refractivity contribution < 1.29 is 19.5 Å². The number of aliphatic carboxylic acids is 1. The lowest BCUT2D eigenvalue weighted by Crippen LogP contribution is -2.44. The molecule has 2 amide bonds. The molecule has 1 aliphatic heterocycles. The normalized spacial score (nSPS) is 17.2. The summed E-state index contributed by atoms with van der Waals surface area (Å²) in [5, 5.41) is 16.2. The number of carbonyl (C=O) groups excluding carboxylic acids is 2.